The van der Waals surface area contributed by atoms with Gasteiger partial charge in [0.25, 0.3) is 0 Å². The van der Waals surface area contributed by atoms with Crippen LogP contribution in [0.3, 0.4) is 0 Å². The van der Waals surface area contributed by atoms with Crippen molar-refractivity contribution in [1.82, 2.24) is 0 Å². The summed E-state index contributed by atoms with van der Waals surface area (Å²) in [7, 11) is 0. The Morgan fingerprint density at radius 2 is 1.10 bits per heavy atom. The summed E-state index contributed by atoms with van der Waals surface area (Å²) >= 11 is 0. The second-order valence-electron chi connectivity index (χ2n) is 6.42. The molecule has 29 heavy (non-hydrogen) atoms. The Labute approximate surface area is 172 Å². The van der Waals surface area contributed by atoms with E-state index in [2.05, 4.69) is 79.4 Å². The summed E-state index contributed by atoms with van der Waals surface area (Å²) in [6, 6.07) is 35.3. The fourth-order valence-electron chi connectivity index (χ4n) is 3.58. The van der Waals surface area contributed by atoms with E-state index in [-0.39, 0.29) is 5.57 Å². The molecule has 2 nitrogen and oxygen atoms in total. The van der Waals surface area contributed by atoms with Gasteiger partial charge in [-0.25, -0.2) is 0 Å². The maximum absolute atomic E-state index is 9.20. The minimum atomic E-state index is -2.21. The second-order valence-corrected chi connectivity index (χ2v) is 9.88. The van der Waals surface area contributed by atoms with Crippen LogP contribution in [0.5, 0.6) is 0 Å². The molecule has 0 unspecified atom stereocenters. The summed E-state index contributed by atoms with van der Waals surface area (Å²) in [5.74, 6) is 0. The second kappa shape index (κ2) is 9.57. The minimum absolute atomic E-state index is 0.122. The van der Waals surface area contributed by atoms with Crippen LogP contribution >= 0.6 is 6.89 Å². The lowest BCUT2D eigenvalue weighted by atomic mass is 10.2. The summed E-state index contributed by atoms with van der Waals surface area (Å²) in [6.07, 6.45) is 4.11. The zero-order valence-corrected chi connectivity index (χ0v) is 17.0. The summed E-state index contributed by atoms with van der Waals surface area (Å²) < 4.78 is 0. The first kappa shape index (κ1) is 20.2. The molecule has 3 rings (SSSR count). The average Bonchev–Trinajstić information content (AvgIpc) is 2.81. The highest BCUT2D eigenvalue weighted by Gasteiger charge is 2.28. The van der Waals surface area contributed by atoms with Crippen molar-refractivity contribution < 1.29 is 0 Å². The fraction of sp³-hybridized carbons (Fsp3) is 0.0385. The molecule has 0 aliphatic heterocycles. The maximum Gasteiger partial charge on any atom is 0.126 e. The van der Waals surface area contributed by atoms with Crippen LogP contribution in [0.4, 0.5) is 0 Å². The van der Waals surface area contributed by atoms with E-state index in [1.807, 2.05) is 36.4 Å². The van der Waals surface area contributed by atoms with Crippen LogP contribution in [-0.4, -0.2) is 5.29 Å². The largest absolute Gasteiger partial charge is 0.192 e. The Morgan fingerprint density at radius 3 is 1.41 bits per heavy atom. The van der Waals surface area contributed by atoms with Crippen molar-refractivity contribution in [3.8, 4) is 12.1 Å². The van der Waals surface area contributed by atoms with Gasteiger partial charge in [-0.3, -0.25) is 0 Å². The lowest BCUT2D eigenvalue weighted by molar-refractivity contribution is 1.42. The Balaban J connectivity index is 2.49. The van der Waals surface area contributed by atoms with Gasteiger partial charge in [0.1, 0.15) is 17.7 Å². The lowest BCUT2D eigenvalue weighted by Gasteiger charge is -2.32. The number of allylic oxidation sites excluding steroid dienone is 3. The quantitative estimate of drug-likeness (QED) is 0.451. The summed E-state index contributed by atoms with van der Waals surface area (Å²) in [4.78, 5) is 0. The van der Waals surface area contributed by atoms with Gasteiger partial charge in [0.05, 0.1) is 0 Å². The van der Waals surface area contributed by atoms with Gasteiger partial charge in [0.15, 0.2) is 0 Å². The third-order valence-electron chi connectivity index (χ3n) is 4.85. The number of nitrogens with zero attached hydrogens (tertiary/aromatic N) is 2. The van der Waals surface area contributed by atoms with Gasteiger partial charge in [0.2, 0.25) is 0 Å². The summed E-state index contributed by atoms with van der Waals surface area (Å²) in [5, 5.41) is 23.2. The van der Waals surface area contributed by atoms with Gasteiger partial charge in [-0.1, -0.05) is 110 Å². The van der Waals surface area contributed by atoms with E-state index in [1.165, 1.54) is 15.9 Å². The van der Waals surface area contributed by atoms with Crippen LogP contribution < -0.4 is 15.9 Å². The van der Waals surface area contributed by atoms with Crippen molar-refractivity contribution in [2.45, 2.75) is 6.42 Å². The molecule has 0 atom stereocenters. The molecular weight excluding hydrogens is 371 g/mol. The molecular formula is C26H21N2P. The first-order chi connectivity index (χ1) is 14.3. The number of rotatable bonds is 6. The normalized spacial score (nSPS) is 10.3. The number of hydrogen-bond acceptors (Lipinski definition) is 2. The monoisotopic (exact) mass is 392 g/mol. The summed E-state index contributed by atoms with van der Waals surface area (Å²) in [6.45, 7) is 1.92. The van der Waals surface area contributed by atoms with E-state index in [4.69, 9.17) is 0 Å². The zero-order valence-electron chi connectivity index (χ0n) is 16.1. The van der Waals surface area contributed by atoms with E-state index in [0.29, 0.717) is 6.42 Å². The van der Waals surface area contributed by atoms with Gasteiger partial charge >= 0.3 is 0 Å². The highest BCUT2D eigenvalue weighted by Crippen LogP contribution is 2.47. The van der Waals surface area contributed by atoms with E-state index < -0.39 is 6.89 Å². The highest BCUT2D eigenvalue weighted by atomic mass is 31.2. The topological polar surface area (TPSA) is 47.6 Å². The first-order valence-electron chi connectivity index (χ1n) is 9.32. The summed E-state index contributed by atoms with van der Waals surface area (Å²) in [5.41, 5.74) is 0.122. The molecule has 0 heterocycles. The molecule has 0 aliphatic carbocycles. The van der Waals surface area contributed by atoms with E-state index in [0.717, 1.165) is 5.29 Å². The first-order valence-corrected chi connectivity index (χ1v) is 11.1. The van der Waals surface area contributed by atoms with Crippen LogP contribution in [0, 0.1) is 22.7 Å². The third kappa shape index (κ3) is 4.00. The molecule has 3 aromatic carbocycles. The minimum Gasteiger partial charge on any atom is -0.192 e. The Morgan fingerprint density at radius 1 is 0.724 bits per heavy atom. The highest BCUT2D eigenvalue weighted by molar-refractivity contribution is 7.95. The van der Waals surface area contributed by atoms with Crippen molar-refractivity contribution in [3.63, 3.8) is 0 Å². The Hall–Kier alpha value is -3.58. The van der Waals surface area contributed by atoms with Crippen LogP contribution in [0.25, 0.3) is 0 Å². The zero-order chi connectivity index (χ0) is 20.5. The number of benzene rings is 3. The van der Waals surface area contributed by atoms with Crippen molar-refractivity contribution in [2.75, 3.05) is 0 Å². The molecule has 0 saturated carbocycles. The van der Waals surface area contributed by atoms with Gasteiger partial charge < -0.3 is 0 Å². The molecule has 0 bridgehead atoms. The maximum atomic E-state index is 9.20. The standard InChI is InChI=1S/C26H21N2P/c1-2-23(19-18-22(20-27)21-28)29(24-12-6-3-7-13-24,25-14-8-4-9-15-25)26-16-10-5-11-17-26/h2-18H,1,19H2. The molecule has 0 aromatic heterocycles. The Kier molecular flexibility index (Phi) is 6.65. The van der Waals surface area contributed by atoms with Crippen molar-refractivity contribution >= 4 is 28.1 Å². The van der Waals surface area contributed by atoms with Gasteiger partial charge in [-0.15, -0.1) is 0 Å². The van der Waals surface area contributed by atoms with Crippen molar-refractivity contribution in [2.24, 2.45) is 0 Å². The van der Waals surface area contributed by atoms with Crippen LogP contribution in [0.2, 0.25) is 0 Å². The SMILES string of the molecule is C=CC(CC=C(C#N)C#N)=P(c1ccccc1)(c1ccccc1)c1ccccc1. The van der Waals surface area contributed by atoms with Gasteiger partial charge in [-0.2, -0.15) is 10.5 Å². The van der Waals surface area contributed by atoms with E-state index in [1.54, 1.807) is 6.08 Å². The molecule has 0 N–H and O–H groups in total. The lowest BCUT2D eigenvalue weighted by Crippen LogP contribution is -2.29. The van der Waals surface area contributed by atoms with Crippen LogP contribution in [-0.2, 0) is 0 Å². The van der Waals surface area contributed by atoms with Crippen molar-refractivity contribution in [1.29, 1.82) is 10.5 Å². The fourth-order valence-corrected chi connectivity index (χ4v) is 7.97. The number of hydrogen-bond donors (Lipinski definition) is 0. The number of nitriles is 2. The molecule has 140 valence electrons. The molecule has 3 aromatic rings. The van der Waals surface area contributed by atoms with E-state index >= 15 is 0 Å². The van der Waals surface area contributed by atoms with Gasteiger partial charge in [0, 0.05) is 0 Å². The molecule has 0 fully saturated rings. The predicted octanol–water partition coefficient (Wildman–Crippen LogP) is 4.70. The van der Waals surface area contributed by atoms with Crippen LogP contribution in [0.1, 0.15) is 6.42 Å². The third-order valence-corrected chi connectivity index (χ3v) is 9.30. The molecule has 0 saturated heterocycles. The van der Waals surface area contributed by atoms with Crippen LogP contribution in [0.15, 0.2) is 115 Å². The van der Waals surface area contributed by atoms with Crippen molar-refractivity contribution in [3.05, 3.63) is 115 Å². The molecule has 0 aliphatic rings. The molecule has 0 amide bonds. The molecule has 0 radical (unpaired) electrons. The predicted molar refractivity (Wildman–Crippen MR) is 124 cm³/mol. The average molecular weight is 392 g/mol. The smallest absolute Gasteiger partial charge is 0.126 e. The molecule has 3 heteroatoms. The van der Waals surface area contributed by atoms with Gasteiger partial charge in [-0.05, 0) is 34.5 Å². The van der Waals surface area contributed by atoms with E-state index in [9.17, 15) is 10.5 Å². The molecule has 0 spiro atoms. The Bertz CT molecular complexity index is 1030.